The number of carbonyl (C=O) groups is 1. The lowest BCUT2D eigenvalue weighted by Crippen LogP contribution is -2.27. The van der Waals surface area contributed by atoms with Crippen LogP contribution in [0.25, 0.3) is 0 Å². The standard InChI is InChI=1S/C17H17IN2O4/c1-3-24-14-7-4-12(5-8-14)11-19(2)17(21)15-10-13(20(22)23)6-9-16(15)18/h4-10H,3,11H2,1-2H3. The highest BCUT2D eigenvalue weighted by atomic mass is 127. The summed E-state index contributed by atoms with van der Waals surface area (Å²) in [4.78, 5) is 24.5. The van der Waals surface area contributed by atoms with Crippen molar-refractivity contribution in [2.45, 2.75) is 13.5 Å². The quantitative estimate of drug-likeness (QED) is 0.389. The predicted octanol–water partition coefficient (Wildman–Crippen LogP) is 3.87. The van der Waals surface area contributed by atoms with Crippen molar-refractivity contribution in [1.29, 1.82) is 0 Å². The first-order valence-corrected chi connectivity index (χ1v) is 8.41. The number of benzene rings is 2. The summed E-state index contributed by atoms with van der Waals surface area (Å²) in [5, 5.41) is 10.9. The van der Waals surface area contributed by atoms with Crippen LogP contribution in [-0.2, 0) is 6.54 Å². The lowest BCUT2D eigenvalue weighted by atomic mass is 10.1. The summed E-state index contributed by atoms with van der Waals surface area (Å²) in [5.74, 6) is 0.528. The molecule has 2 rings (SSSR count). The highest BCUT2D eigenvalue weighted by Crippen LogP contribution is 2.21. The highest BCUT2D eigenvalue weighted by Gasteiger charge is 2.19. The molecule has 0 N–H and O–H groups in total. The number of ether oxygens (including phenoxy) is 1. The zero-order valence-corrected chi connectivity index (χ0v) is 15.5. The Morgan fingerprint density at radius 3 is 2.50 bits per heavy atom. The Morgan fingerprint density at radius 1 is 1.25 bits per heavy atom. The molecule has 7 heteroatoms. The second-order valence-corrected chi connectivity index (χ2v) is 6.32. The molecular formula is C17H17IN2O4. The lowest BCUT2D eigenvalue weighted by Gasteiger charge is -2.18. The first kappa shape index (κ1) is 18.2. The average molecular weight is 440 g/mol. The molecule has 24 heavy (non-hydrogen) atoms. The van der Waals surface area contributed by atoms with Crippen molar-refractivity contribution in [1.82, 2.24) is 4.90 Å². The number of carbonyl (C=O) groups excluding carboxylic acids is 1. The molecule has 0 unspecified atom stereocenters. The van der Waals surface area contributed by atoms with Crippen molar-refractivity contribution >= 4 is 34.2 Å². The molecule has 0 saturated heterocycles. The van der Waals surface area contributed by atoms with E-state index in [-0.39, 0.29) is 11.6 Å². The van der Waals surface area contributed by atoms with Gasteiger partial charge in [-0.15, -0.1) is 0 Å². The van der Waals surface area contributed by atoms with Crippen LogP contribution < -0.4 is 4.74 Å². The maximum atomic E-state index is 12.6. The number of nitro groups is 1. The summed E-state index contributed by atoms with van der Waals surface area (Å²) in [5.41, 5.74) is 1.20. The van der Waals surface area contributed by atoms with Crippen LogP contribution in [0.5, 0.6) is 5.75 Å². The lowest BCUT2D eigenvalue weighted by molar-refractivity contribution is -0.384. The molecule has 126 valence electrons. The summed E-state index contributed by atoms with van der Waals surface area (Å²) in [6.07, 6.45) is 0. The van der Waals surface area contributed by atoms with Gasteiger partial charge in [0.15, 0.2) is 0 Å². The number of nitro benzene ring substituents is 1. The van der Waals surface area contributed by atoms with Gasteiger partial charge in [-0.3, -0.25) is 14.9 Å². The van der Waals surface area contributed by atoms with Crippen molar-refractivity contribution in [3.05, 3.63) is 67.3 Å². The van der Waals surface area contributed by atoms with Crippen molar-refractivity contribution in [2.24, 2.45) is 0 Å². The number of hydrogen-bond donors (Lipinski definition) is 0. The second kappa shape index (κ2) is 8.09. The molecule has 0 spiro atoms. The SMILES string of the molecule is CCOc1ccc(CN(C)C(=O)c2cc([N+](=O)[O-])ccc2I)cc1. The average Bonchev–Trinajstić information content (AvgIpc) is 2.56. The number of hydrogen-bond acceptors (Lipinski definition) is 4. The van der Waals surface area contributed by atoms with E-state index < -0.39 is 4.92 Å². The Hall–Kier alpha value is -2.16. The number of rotatable bonds is 6. The summed E-state index contributed by atoms with van der Waals surface area (Å²) in [6.45, 7) is 2.92. The molecule has 1 amide bonds. The Labute approximate surface area is 153 Å². The zero-order valence-electron chi connectivity index (χ0n) is 13.4. The van der Waals surface area contributed by atoms with E-state index >= 15 is 0 Å². The second-order valence-electron chi connectivity index (χ2n) is 5.16. The fourth-order valence-electron chi connectivity index (χ4n) is 2.20. The minimum absolute atomic E-state index is 0.0896. The predicted molar refractivity (Wildman–Crippen MR) is 99.2 cm³/mol. The smallest absolute Gasteiger partial charge is 0.270 e. The van der Waals surface area contributed by atoms with Crippen LogP contribution in [-0.4, -0.2) is 29.4 Å². The fraction of sp³-hybridized carbons (Fsp3) is 0.235. The van der Waals surface area contributed by atoms with Gasteiger partial charge in [0.25, 0.3) is 11.6 Å². The van der Waals surface area contributed by atoms with E-state index in [2.05, 4.69) is 0 Å². The van der Waals surface area contributed by atoms with E-state index in [1.165, 1.54) is 17.0 Å². The number of halogens is 1. The molecule has 0 aromatic heterocycles. The van der Waals surface area contributed by atoms with Gasteiger partial charge >= 0.3 is 0 Å². The molecule has 0 aliphatic heterocycles. The molecule has 0 aliphatic carbocycles. The molecule has 0 heterocycles. The molecule has 0 saturated carbocycles. The van der Waals surface area contributed by atoms with Gasteiger partial charge in [0.2, 0.25) is 0 Å². The van der Waals surface area contributed by atoms with Crippen LogP contribution >= 0.6 is 22.6 Å². The molecule has 2 aromatic rings. The van der Waals surface area contributed by atoms with Crippen LogP contribution in [0.1, 0.15) is 22.8 Å². The number of amides is 1. The van der Waals surface area contributed by atoms with Gasteiger partial charge in [-0.25, -0.2) is 0 Å². The zero-order chi connectivity index (χ0) is 17.7. The van der Waals surface area contributed by atoms with E-state index in [0.29, 0.717) is 22.3 Å². The highest BCUT2D eigenvalue weighted by molar-refractivity contribution is 14.1. The Morgan fingerprint density at radius 2 is 1.92 bits per heavy atom. The van der Waals surface area contributed by atoms with Gasteiger partial charge < -0.3 is 9.64 Å². The first-order valence-electron chi connectivity index (χ1n) is 7.33. The molecule has 0 fully saturated rings. The van der Waals surface area contributed by atoms with Crippen molar-refractivity contribution < 1.29 is 14.5 Å². The molecular weight excluding hydrogens is 423 g/mol. The molecule has 6 nitrogen and oxygen atoms in total. The Balaban J connectivity index is 2.14. The van der Waals surface area contributed by atoms with Crippen LogP contribution in [0.15, 0.2) is 42.5 Å². The number of non-ortho nitro benzene ring substituents is 1. The largest absolute Gasteiger partial charge is 0.494 e. The van der Waals surface area contributed by atoms with Gasteiger partial charge in [-0.2, -0.15) is 0 Å². The van der Waals surface area contributed by atoms with E-state index in [1.54, 1.807) is 13.1 Å². The van der Waals surface area contributed by atoms with E-state index in [4.69, 9.17) is 4.74 Å². The molecule has 2 aromatic carbocycles. The monoisotopic (exact) mass is 440 g/mol. The van der Waals surface area contributed by atoms with Crippen LogP contribution in [0.3, 0.4) is 0 Å². The molecule has 0 bridgehead atoms. The van der Waals surface area contributed by atoms with Gasteiger partial charge in [-0.1, -0.05) is 12.1 Å². The third-order valence-corrected chi connectivity index (χ3v) is 4.33. The maximum Gasteiger partial charge on any atom is 0.270 e. The van der Waals surface area contributed by atoms with E-state index in [1.807, 2.05) is 53.8 Å². The normalized spacial score (nSPS) is 10.3. The minimum Gasteiger partial charge on any atom is -0.494 e. The van der Waals surface area contributed by atoms with Gasteiger partial charge in [0.1, 0.15) is 5.75 Å². The van der Waals surface area contributed by atoms with Crippen molar-refractivity contribution in [3.8, 4) is 5.75 Å². The van der Waals surface area contributed by atoms with Crippen LogP contribution in [0.2, 0.25) is 0 Å². The van der Waals surface area contributed by atoms with E-state index in [9.17, 15) is 14.9 Å². The minimum atomic E-state index is -0.501. The summed E-state index contributed by atoms with van der Waals surface area (Å²) >= 11 is 2.01. The van der Waals surface area contributed by atoms with Gasteiger partial charge in [0.05, 0.1) is 17.1 Å². The summed E-state index contributed by atoms with van der Waals surface area (Å²) < 4.78 is 6.07. The fourth-order valence-corrected chi connectivity index (χ4v) is 2.77. The summed E-state index contributed by atoms with van der Waals surface area (Å²) in [6, 6.07) is 11.8. The van der Waals surface area contributed by atoms with Gasteiger partial charge in [0, 0.05) is 29.3 Å². The Kier molecular flexibility index (Phi) is 6.13. The molecule has 0 radical (unpaired) electrons. The number of nitrogens with zero attached hydrogens (tertiary/aromatic N) is 2. The van der Waals surface area contributed by atoms with Crippen LogP contribution in [0, 0.1) is 13.7 Å². The van der Waals surface area contributed by atoms with Crippen molar-refractivity contribution in [2.75, 3.05) is 13.7 Å². The van der Waals surface area contributed by atoms with Crippen molar-refractivity contribution in [3.63, 3.8) is 0 Å². The van der Waals surface area contributed by atoms with Gasteiger partial charge in [-0.05, 0) is 53.3 Å². The Bertz CT molecular complexity index is 747. The third-order valence-electron chi connectivity index (χ3n) is 3.39. The molecule has 0 atom stereocenters. The third kappa shape index (κ3) is 4.44. The first-order chi connectivity index (χ1) is 11.4. The topological polar surface area (TPSA) is 72.7 Å². The molecule has 0 aliphatic rings. The summed E-state index contributed by atoms with van der Waals surface area (Å²) in [7, 11) is 1.67. The van der Waals surface area contributed by atoms with Crippen LogP contribution in [0.4, 0.5) is 5.69 Å². The maximum absolute atomic E-state index is 12.6. The van der Waals surface area contributed by atoms with E-state index in [0.717, 1.165) is 11.3 Å².